The Hall–Kier alpha value is -0.570. The maximum Gasteiger partial charge on any atom is 0.226 e. The molecule has 18 heavy (non-hydrogen) atoms. The number of hydrogen-bond donors (Lipinski definition) is 1. The van der Waals surface area contributed by atoms with Crippen LogP contribution in [0, 0.1) is 11.8 Å². The van der Waals surface area contributed by atoms with Crippen LogP contribution in [-0.2, 0) is 4.79 Å². The summed E-state index contributed by atoms with van der Waals surface area (Å²) in [6.45, 7) is 8.75. The van der Waals surface area contributed by atoms with Gasteiger partial charge in [-0.15, -0.1) is 0 Å². The van der Waals surface area contributed by atoms with Crippen molar-refractivity contribution in [1.82, 2.24) is 10.2 Å². The summed E-state index contributed by atoms with van der Waals surface area (Å²) in [4.78, 5) is 15.0. The first-order valence-corrected chi connectivity index (χ1v) is 7.68. The number of amides is 1. The van der Waals surface area contributed by atoms with Crippen LogP contribution < -0.4 is 5.32 Å². The van der Waals surface area contributed by atoms with E-state index >= 15 is 0 Å². The monoisotopic (exact) mass is 252 g/mol. The van der Waals surface area contributed by atoms with Gasteiger partial charge in [0.05, 0.1) is 0 Å². The Morgan fingerprint density at radius 2 is 1.83 bits per heavy atom. The summed E-state index contributed by atoms with van der Waals surface area (Å²) in [6.07, 6.45) is 5.64. The minimum atomic E-state index is 0.276. The first-order chi connectivity index (χ1) is 8.65. The second kappa shape index (κ2) is 6.05. The van der Waals surface area contributed by atoms with E-state index in [0.29, 0.717) is 23.9 Å². The Kier molecular flexibility index (Phi) is 4.66. The van der Waals surface area contributed by atoms with Crippen molar-refractivity contribution in [2.75, 3.05) is 13.1 Å². The van der Waals surface area contributed by atoms with E-state index in [9.17, 15) is 4.79 Å². The molecular formula is C15H28N2O. The molecule has 1 saturated heterocycles. The number of carbonyl (C=O) groups is 1. The van der Waals surface area contributed by atoms with Gasteiger partial charge in [-0.2, -0.15) is 0 Å². The van der Waals surface area contributed by atoms with Gasteiger partial charge in [0, 0.05) is 18.0 Å². The summed E-state index contributed by atoms with van der Waals surface area (Å²) in [5, 5.41) is 3.35. The summed E-state index contributed by atoms with van der Waals surface area (Å²) in [5.74, 6) is 1.32. The fourth-order valence-electron chi connectivity index (χ4n) is 2.96. The zero-order chi connectivity index (χ0) is 13.1. The lowest BCUT2D eigenvalue weighted by Crippen LogP contribution is -2.48. The highest BCUT2D eigenvalue weighted by Crippen LogP contribution is 2.33. The van der Waals surface area contributed by atoms with E-state index in [1.54, 1.807) is 0 Å². The molecule has 2 unspecified atom stereocenters. The van der Waals surface area contributed by atoms with Gasteiger partial charge in [-0.3, -0.25) is 4.79 Å². The summed E-state index contributed by atoms with van der Waals surface area (Å²) in [7, 11) is 0. The van der Waals surface area contributed by atoms with E-state index in [2.05, 4.69) is 31.0 Å². The van der Waals surface area contributed by atoms with Crippen molar-refractivity contribution in [2.45, 2.75) is 65.0 Å². The molecular weight excluding hydrogens is 224 g/mol. The first kappa shape index (κ1) is 13.9. The van der Waals surface area contributed by atoms with Crippen molar-refractivity contribution >= 4 is 5.91 Å². The molecule has 3 nitrogen and oxygen atoms in total. The molecule has 104 valence electrons. The third kappa shape index (κ3) is 3.05. The summed E-state index contributed by atoms with van der Waals surface area (Å²) < 4.78 is 0. The third-order valence-electron chi connectivity index (χ3n) is 4.79. The highest BCUT2D eigenvalue weighted by molar-refractivity contribution is 5.80. The predicted octanol–water partition coefficient (Wildman–Crippen LogP) is 2.41. The van der Waals surface area contributed by atoms with Crippen molar-refractivity contribution in [2.24, 2.45) is 11.8 Å². The second-order valence-electron chi connectivity index (χ2n) is 6.13. The van der Waals surface area contributed by atoms with Crippen LogP contribution in [0.5, 0.6) is 0 Å². The van der Waals surface area contributed by atoms with Crippen molar-refractivity contribution in [3.05, 3.63) is 0 Å². The molecule has 0 spiro atoms. The molecule has 2 rings (SSSR count). The lowest BCUT2D eigenvalue weighted by atomic mass is 9.93. The van der Waals surface area contributed by atoms with Crippen LogP contribution >= 0.6 is 0 Å². The maximum atomic E-state index is 12.7. The molecule has 0 bridgehead atoms. The molecule has 0 radical (unpaired) electrons. The molecule has 0 aromatic heterocycles. The lowest BCUT2D eigenvalue weighted by molar-refractivity contribution is -0.140. The molecule has 1 N–H and O–H groups in total. The van der Waals surface area contributed by atoms with Gasteiger partial charge in [0.1, 0.15) is 0 Å². The number of nitrogens with zero attached hydrogens (tertiary/aromatic N) is 1. The quantitative estimate of drug-likeness (QED) is 0.815. The van der Waals surface area contributed by atoms with Gasteiger partial charge in [-0.05, 0) is 51.6 Å². The number of piperidine rings is 1. The number of hydrogen-bond acceptors (Lipinski definition) is 2. The zero-order valence-electron chi connectivity index (χ0n) is 12.1. The summed E-state index contributed by atoms with van der Waals surface area (Å²) >= 11 is 0. The number of nitrogens with one attached hydrogen (secondary N) is 1. The Morgan fingerprint density at radius 1 is 1.22 bits per heavy atom. The first-order valence-electron chi connectivity index (χ1n) is 7.68. The van der Waals surface area contributed by atoms with E-state index < -0.39 is 0 Å². The molecule has 1 heterocycles. The van der Waals surface area contributed by atoms with Crippen molar-refractivity contribution in [1.29, 1.82) is 0 Å². The fourth-order valence-corrected chi connectivity index (χ4v) is 2.96. The molecule has 0 aromatic carbocycles. The van der Waals surface area contributed by atoms with E-state index in [-0.39, 0.29) is 5.92 Å². The Balaban J connectivity index is 2.02. The average Bonchev–Trinajstić information content (AvgIpc) is 3.23. The van der Waals surface area contributed by atoms with Crippen LogP contribution in [0.4, 0.5) is 0 Å². The van der Waals surface area contributed by atoms with Crippen LogP contribution in [0.15, 0.2) is 0 Å². The van der Waals surface area contributed by atoms with Gasteiger partial charge in [0.15, 0.2) is 0 Å². The Labute approximate surface area is 111 Å². The van der Waals surface area contributed by atoms with Gasteiger partial charge in [-0.25, -0.2) is 0 Å². The van der Waals surface area contributed by atoms with Crippen LogP contribution in [0.2, 0.25) is 0 Å². The van der Waals surface area contributed by atoms with E-state index in [0.717, 1.165) is 32.4 Å². The molecule has 0 aromatic rings. The molecule has 2 atom stereocenters. The van der Waals surface area contributed by atoms with Crippen LogP contribution in [-0.4, -0.2) is 36.0 Å². The standard InChI is InChI=1S/C15H28N2O/c1-4-11(2)12(3)17(14-5-6-14)15(18)13-7-9-16-10-8-13/h11-14,16H,4-10H2,1-3H3. The number of carbonyl (C=O) groups excluding carboxylic acids is 1. The average molecular weight is 252 g/mol. The van der Waals surface area contributed by atoms with Gasteiger partial charge < -0.3 is 10.2 Å². The normalized spacial score (nSPS) is 24.6. The number of rotatable bonds is 5. The van der Waals surface area contributed by atoms with E-state index in [1.807, 2.05) is 0 Å². The van der Waals surface area contributed by atoms with Crippen LogP contribution in [0.25, 0.3) is 0 Å². The molecule has 2 fully saturated rings. The SMILES string of the molecule is CCC(C)C(C)N(C(=O)C1CCNCC1)C1CC1. The zero-order valence-corrected chi connectivity index (χ0v) is 12.1. The molecule has 1 amide bonds. The minimum absolute atomic E-state index is 0.276. The molecule has 3 heteroatoms. The Bertz CT molecular complexity index is 282. The Morgan fingerprint density at radius 3 is 2.33 bits per heavy atom. The van der Waals surface area contributed by atoms with Gasteiger partial charge in [0.25, 0.3) is 0 Å². The van der Waals surface area contributed by atoms with Crippen molar-refractivity contribution in [3.8, 4) is 0 Å². The van der Waals surface area contributed by atoms with Gasteiger partial charge in [-0.1, -0.05) is 20.3 Å². The highest BCUT2D eigenvalue weighted by atomic mass is 16.2. The van der Waals surface area contributed by atoms with Gasteiger partial charge in [0.2, 0.25) is 5.91 Å². The smallest absolute Gasteiger partial charge is 0.226 e. The second-order valence-corrected chi connectivity index (χ2v) is 6.13. The van der Waals surface area contributed by atoms with Crippen molar-refractivity contribution in [3.63, 3.8) is 0 Å². The molecule has 2 aliphatic rings. The molecule has 1 aliphatic heterocycles. The molecule has 1 aliphatic carbocycles. The summed E-state index contributed by atoms with van der Waals surface area (Å²) in [6, 6.07) is 0.960. The lowest BCUT2D eigenvalue weighted by Gasteiger charge is -2.36. The van der Waals surface area contributed by atoms with Crippen LogP contribution in [0.3, 0.4) is 0 Å². The third-order valence-corrected chi connectivity index (χ3v) is 4.79. The van der Waals surface area contributed by atoms with Crippen molar-refractivity contribution < 1.29 is 4.79 Å². The maximum absolute atomic E-state index is 12.7. The molecule has 1 saturated carbocycles. The largest absolute Gasteiger partial charge is 0.337 e. The van der Waals surface area contributed by atoms with E-state index in [1.165, 1.54) is 12.8 Å². The van der Waals surface area contributed by atoms with E-state index in [4.69, 9.17) is 0 Å². The van der Waals surface area contributed by atoms with Crippen LogP contribution in [0.1, 0.15) is 52.9 Å². The topological polar surface area (TPSA) is 32.3 Å². The van der Waals surface area contributed by atoms with Gasteiger partial charge >= 0.3 is 0 Å². The summed E-state index contributed by atoms with van der Waals surface area (Å²) in [5.41, 5.74) is 0. The predicted molar refractivity (Wildman–Crippen MR) is 74.4 cm³/mol. The minimum Gasteiger partial charge on any atom is -0.337 e. The highest BCUT2D eigenvalue weighted by Gasteiger charge is 2.39. The fraction of sp³-hybridized carbons (Fsp3) is 0.933.